The van der Waals surface area contributed by atoms with Crippen molar-refractivity contribution in [3.63, 3.8) is 0 Å². The molecule has 0 unspecified atom stereocenters. The van der Waals surface area contributed by atoms with E-state index in [1.807, 2.05) is 0 Å². The summed E-state index contributed by atoms with van der Waals surface area (Å²) in [5.74, 6) is -0.0230. The maximum atomic E-state index is 13.8. The van der Waals surface area contributed by atoms with Gasteiger partial charge in [-0.2, -0.15) is 0 Å². The molecule has 0 aliphatic carbocycles. The molecule has 8 heteroatoms. The highest BCUT2D eigenvalue weighted by atomic mass is 35.5. The van der Waals surface area contributed by atoms with E-state index in [9.17, 15) is 12.8 Å². The number of nitrogens with one attached hydrogen (secondary N) is 1. The van der Waals surface area contributed by atoms with Crippen molar-refractivity contribution < 1.29 is 22.3 Å². The Balaban J connectivity index is 1.94. The van der Waals surface area contributed by atoms with Crippen LogP contribution in [0.5, 0.6) is 11.5 Å². The average molecular weight is 344 g/mol. The molecule has 0 aromatic heterocycles. The molecule has 3 rings (SSSR count). The standard InChI is InChI=1S/C14H11ClFNO4S/c15-10-2-1-3-11(14(10)16)17-22(18,19)9-4-5-12-13(8-9)21-7-6-20-12/h1-5,8,17H,6-7H2. The third kappa shape index (κ3) is 2.82. The Morgan fingerprint density at radius 1 is 1.09 bits per heavy atom. The highest BCUT2D eigenvalue weighted by molar-refractivity contribution is 7.92. The quantitative estimate of drug-likeness (QED) is 0.930. The number of hydrogen-bond acceptors (Lipinski definition) is 4. The van der Waals surface area contributed by atoms with E-state index in [0.717, 1.165) is 0 Å². The molecular weight excluding hydrogens is 333 g/mol. The molecule has 0 saturated carbocycles. The zero-order valence-electron chi connectivity index (χ0n) is 11.2. The van der Waals surface area contributed by atoms with Gasteiger partial charge in [-0.05, 0) is 24.3 Å². The lowest BCUT2D eigenvalue weighted by atomic mass is 10.3. The van der Waals surface area contributed by atoms with Crippen LogP contribution in [0.15, 0.2) is 41.3 Å². The molecule has 116 valence electrons. The van der Waals surface area contributed by atoms with Gasteiger partial charge in [0.05, 0.1) is 15.6 Å². The molecule has 2 aromatic rings. The predicted octanol–water partition coefficient (Wildman–Crippen LogP) is 3.05. The van der Waals surface area contributed by atoms with Crippen molar-refractivity contribution in [3.05, 3.63) is 47.2 Å². The lowest BCUT2D eigenvalue weighted by molar-refractivity contribution is 0.171. The number of anilines is 1. The van der Waals surface area contributed by atoms with Crippen LogP contribution in [0.3, 0.4) is 0 Å². The number of rotatable bonds is 3. The second-order valence-electron chi connectivity index (χ2n) is 4.51. The van der Waals surface area contributed by atoms with Gasteiger partial charge in [0.25, 0.3) is 10.0 Å². The average Bonchev–Trinajstić information content (AvgIpc) is 2.51. The lowest BCUT2D eigenvalue weighted by Gasteiger charge is -2.19. The van der Waals surface area contributed by atoms with E-state index in [1.54, 1.807) is 0 Å². The summed E-state index contributed by atoms with van der Waals surface area (Å²) in [6.45, 7) is 0.748. The molecule has 0 amide bonds. The Hall–Kier alpha value is -1.99. The highest BCUT2D eigenvalue weighted by Gasteiger charge is 2.21. The number of fused-ring (bicyclic) bond motifs is 1. The Kier molecular flexibility index (Phi) is 3.84. The molecule has 0 spiro atoms. The van der Waals surface area contributed by atoms with Crippen molar-refractivity contribution in [1.29, 1.82) is 0 Å². The van der Waals surface area contributed by atoms with E-state index >= 15 is 0 Å². The molecule has 1 aliphatic rings. The van der Waals surface area contributed by atoms with Gasteiger partial charge in [0.15, 0.2) is 17.3 Å². The number of sulfonamides is 1. The maximum absolute atomic E-state index is 13.8. The fourth-order valence-electron chi connectivity index (χ4n) is 1.98. The van der Waals surface area contributed by atoms with Gasteiger partial charge in [-0.1, -0.05) is 17.7 Å². The van der Waals surface area contributed by atoms with Crippen LogP contribution >= 0.6 is 11.6 Å². The van der Waals surface area contributed by atoms with Crippen LogP contribution in [-0.2, 0) is 10.0 Å². The molecule has 0 saturated heterocycles. The van der Waals surface area contributed by atoms with Crippen molar-refractivity contribution in [1.82, 2.24) is 0 Å². The van der Waals surface area contributed by atoms with Crippen LogP contribution in [0, 0.1) is 5.82 Å². The van der Waals surface area contributed by atoms with Crippen LogP contribution in [0.1, 0.15) is 0 Å². The Morgan fingerprint density at radius 2 is 1.82 bits per heavy atom. The monoisotopic (exact) mass is 343 g/mol. The number of benzene rings is 2. The van der Waals surface area contributed by atoms with Crippen molar-refractivity contribution in [2.75, 3.05) is 17.9 Å². The summed E-state index contributed by atoms with van der Waals surface area (Å²) in [6.07, 6.45) is 0. The van der Waals surface area contributed by atoms with Gasteiger partial charge in [0.2, 0.25) is 0 Å². The van der Waals surface area contributed by atoms with Crippen molar-refractivity contribution in [3.8, 4) is 11.5 Å². The summed E-state index contributed by atoms with van der Waals surface area (Å²) < 4.78 is 51.3. The number of ether oxygens (including phenoxy) is 2. The SMILES string of the molecule is O=S(=O)(Nc1cccc(Cl)c1F)c1ccc2c(c1)OCCO2. The summed E-state index contributed by atoms with van der Waals surface area (Å²) in [4.78, 5) is -0.0591. The van der Waals surface area contributed by atoms with E-state index in [-0.39, 0.29) is 15.6 Å². The summed E-state index contributed by atoms with van der Waals surface area (Å²) in [7, 11) is -3.97. The van der Waals surface area contributed by atoms with Crippen LogP contribution in [0.25, 0.3) is 0 Å². The lowest BCUT2D eigenvalue weighted by Crippen LogP contribution is -2.17. The molecule has 1 aliphatic heterocycles. The van der Waals surface area contributed by atoms with Gasteiger partial charge in [-0.15, -0.1) is 0 Å². The maximum Gasteiger partial charge on any atom is 0.262 e. The van der Waals surface area contributed by atoms with Gasteiger partial charge in [0, 0.05) is 6.07 Å². The summed E-state index contributed by atoms with van der Waals surface area (Å²) in [6, 6.07) is 8.26. The Bertz CT molecular complexity index is 826. The van der Waals surface area contributed by atoms with E-state index in [0.29, 0.717) is 24.7 Å². The first-order valence-electron chi connectivity index (χ1n) is 6.34. The zero-order valence-corrected chi connectivity index (χ0v) is 12.7. The topological polar surface area (TPSA) is 64.6 Å². The zero-order chi connectivity index (χ0) is 15.7. The first kappa shape index (κ1) is 14.9. The molecular formula is C14H11ClFNO4S. The highest BCUT2D eigenvalue weighted by Crippen LogP contribution is 2.33. The van der Waals surface area contributed by atoms with E-state index in [4.69, 9.17) is 21.1 Å². The Labute approximate surface area is 131 Å². The molecule has 22 heavy (non-hydrogen) atoms. The number of hydrogen-bond donors (Lipinski definition) is 1. The van der Waals surface area contributed by atoms with Crippen molar-refractivity contribution >= 4 is 27.3 Å². The second-order valence-corrected chi connectivity index (χ2v) is 6.60. The number of halogens is 2. The first-order valence-corrected chi connectivity index (χ1v) is 8.20. The molecule has 1 heterocycles. The van der Waals surface area contributed by atoms with Crippen LogP contribution in [-0.4, -0.2) is 21.6 Å². The molecule has 1 N–H and O–H groups in total. The van der Waals surface area contributed by atoms with Gasteiger partial charge in [0.1, 0.15) is 13.2 Å². The minimum Gasteiger partial charge on any atom is -0.486 e. The van der Waals surface area contributed by atoms with Gasteiger partial charge < -0.3 is 9.47 Å². The van der Waals surface area contributed by atoms with Crippen LogP contribution in [0.2, 0.25) is 5.02 Å². The minimum atomic E-state index is -3.97. The molecule has 0 fully saturated rings. The summed E-state index contributed by atoms with van der Waals surface area (Å²) >= 11 is 5.64. The molecule has 2 aromatic carbocycles. The van der Waals surface area contributed by atoms with Gasteiger partial charge >= 0.3 is 0 Å². The second kappa shape index (κ2) is 5.66. The fourth-order valence-corrected chi connectivity index (χ4v) is 3.23. The molecule has 5 nitrogen and oxygen atoms in total. The molecule has 0 radical (unpaired) electrons. The first-order chi connectivity index (χ1) is 10.5. The Morgan fingerprint density at radius 3 is 2.59 bits per heavy atom. The minimum absolute atomic E-state index is 0.0591. The predicted molar refractivity (Wildman–Crippen MR) is 79.7 cm³/mol. The smallest absolute Gasteiger partial charge is 0.262 e. The van der Waals surface area contributed by atoms with Crippen molar-refractivity contribution in [2.45, 2.75) is 4.90 Å². The van der Waals surface area contributed by atoms with Crippen molar-refractivity contribution in [2.24, 2.45) is 0 Å². The van der Waals surface area contributed by atoms with Gasteiger partial charge in [-0.3, -0.25) is 4.72 Å². The third-order valence-corrected chi connectivity index (χ3v) is 4.67. The third-order valence-electron chi connectivity index (χ3n) is 3.02. The van der Waals surface area contributed by atoms with E-state index in [2.05, 4.69) is 4.72 Å². The normalized spacial score (nSPS) is 13.7. The van der Waals surface area contributed by atoms with E-state index < -0.39 is 15.8 Å². The molecule has 0 atom stereocenters. The summed E-state index contributed by atoms with van der Waals surface area (Å²) in [5.41, 5.74) is -0.220. The largest absolute Gasteiger partial charge is 0.486 e. The fraction of sp³-hybridized carbons (Fsp3) is 0.143. The summed E-state index contributed by atoms with van der Waals surface area (Å²) in [5, 5.41) is -0.164. The van der Waals surface area contributed by atoms with E-state index in [1.165, 1.54) is 36.4 Å². The molecule has 0 bridgehead atoms. The van der Waals surface area contributed by atoms with Gasteiger partial charge in [-0.25, -0.2) is 12.8 Å². The van der Waals surface area contributed by atoms with Crippen LogP contribution in [0.4, 0.5) is 10.1 Å². The van der Waals surface area contributed by atoms with Crippen LogP contribution < -0.4 is 14.2 Å².